The van der Waals surface area contributed by atoms with Crippen LogP contribution < -0.4 is 0 Å². The third-order valence-corrected chi connectivity index (χ3v) is 9.07. The molecule has 0 aliphatic rings. The highest BCUT2D eigenvalue weighted by Crippen LogP contribution is 2.35. The van der Waals surface area contributed by atoms with Gasteiger partial charge in [0, 0.05) is 12.5 Å². The number of carbonyl (C=O) groups is 2. The Morgan fingerprint density at radius 3 is 1.44 bits per heavy atom. The maximum absolute atomic E-state index is 12.3. The number of phosphoric acid groups is 1. The lowest BCUT2D eigenvalue weighted by Crippen LogP contribution is -2.29. The van der Waals surface area contributed by atoms with Crippen LogP contribution in [0.1, 0.15) is 194 Å². The Balaban J connectivity index is 4.02. The van der Waals surface area contributed by atoms with E-state index in [1.165, 1.54) is 147 Å². The summed E-state index contributed by atoms with van der Waals surface area (Å²) in [6, 6.07) is 0. The lowest BCUT2D eigenvalue weighted by molar-refractivity contribution is -0.157. The minimum atomic E-state index is -4.77. The molecule has 0 saturated heterocycles. The van der Waals surface area contributed by atoms with Gasteiger partial charge in [0.25, 0.3) is 0 Å². The van der Waals surface area contributed by atoms with Gasteiger partial charge in [-0.1, -0.05) is 186 Å². The van der Waals surface area contributed by atoms with Crippen molar-refractivity contribution in [2.45, 2.75) is 200 Å². The van der Waals surface area contributed by atoms with Crippen LogP contribution >= 0.6 is 7.82 Å². The first kappa shape index (κ1) is 46.5. The minimum absolute atomic E-state index is 0.252. The molecule has 282 valence electrons. The Morgan fingerprint density at radius 2 is 1.00 bits per heavy atom. The highest BCUT2D eigenvalue weighted by molar-refractivity contribution is 7.46. The van der Waals surface area contributed by atoms with Crippen molar-refractivity contribution in [2.75, 3.05) is 13.2 Å². The van der Waals surface area contributed by atoms with Crippen LogP contribution in [0.2, 0.25) is 0 Å². The van der Waals surface area contributed by atoms with E-state index in [-0.39, 0.29) is 13.0 Å². The van der Waals surface area contributed by atoms with Crippen LogP contribution in [0.4, 0.5) is 0 Å². The topological polar surface area (TPSA) is 119 Å². The molecule has 0 amide bonds. The van der Waals surface area contributed by atoms with E-state index in [1.54, 1.807) is 12.2 Å². The second kappa shape index (κ2) is 35.4. The standard InChI is InChI=1S/C39H73O8P/c1-3-5-7-9-11-13-15-17-19-21-23-25-27-29-31-33-38(40)45-35-37(36-46-48(42,43)44)47-39(41)34-32-30-28-26-24-22-20-18-16-14-12-10-8-6-4-2/h28,30,32,34,37H,3-27,29,31,33,35-36H2,1-2H3,(H2,42,43,44)/t37-/m1/s1. The fraction of sp³-hybridized carbons (Fsp3) is 0.846. The van der Waals surface area contributed by atoms with Crippen molar-refractivity contribution in [2.24, 2.45) is 0 Å². The molecule has 48 heavy (non-hydrogen) atoms. The Morgan fingerprint density at radius 1 is 0.583 bits per heavy atom. The van der Waals surface area contributed by atoms with E-state index >= 15 is 0 Å². The summed E-state index contributed by atoms with van der Waals surface area (Å²) in [5, 5.41) is 0. The second-order valence-corrected chi connectivity index (χ2v) is 14.6. The number of unbranched alkanes of at least 4 members (excludes halogenated alkanes) is 25. The van der Waals surface area contributed by atoms with Crippen LogP contribution in [0.5, 0.6) is 0 Å². The van der Waals surface area contributed by atoms with Gasteiger partial charge in [0.1, 0.15) is 6.61 Å². The number of carbonyl (C=O) groups excluding carboxylic acids is 2. The van der Waals surface area contributed by atoms with Crippen LogP contribution in [0.25, 0.3) is 0 Å². The van der Waals surface area contributed by atoms with Gasteiger partial charge in [-0.2, -0.15) is 0 Å². The Hall–Kier alpha value is -1.47. The summed E-state index contributed by atoms with van der Waals surface area (Å²) in [6.07, 6.45) is 39.6. The van der Waals surface area contributed by atoms with Gasteiger partial charge in [0.05, 0.1) is 6.61 Å². The number of allylic oxidation sites excluding steroid dienone is 3. The van der Waals surface area contributed by atoms with Gasteiger partial charge in [-0.05, 0) is 19.3 Å². The molecule has 0 rings (SSSR count). The Bertz CT molecular complexity index is 838. The van der Waals surface area contributed by atoms with Crippen molar-refractivity contribution in [3.05, 3.63) is 24.3 Å². The minimum Gasteiger partial charge on any atom is -0.462 e. The number of rotatable bonds is 36. The van der Waals surface area contributed by atoms with Gasteiger partial charge in [-0.25, -0.2) is 9.36 Å². The Kier molecular flexibility index (Phi) is 34.3. The van der Waals surface area contributed by atoms with E-state index < -0.39 is 32.5 Å². The van der Waals surface area contributed by atoms with Gasteiger partial charge < -0.3 is 19.3 Å². The largest absolute Gasteiger partial charge is 0.469 e. The fourth-order valence-electron chi connectivity index (χ4n) is 5.63. The van der Waals surface area contributed by atoms with E-state index in [4.69, 9.17) is 19.3 Å². The first-order chi connectivity index (χ1) is 23.3. The molecule has 0 heterocycles. The lowest BCUT2D eigenvalue weighted by Gasteiger charge is -2.17. The van der Waals surface area contributed by atoms with E-state index in [0.29, 0.717) is 6.42 Å². The first-order valence-corrected chi connectivity index (χ1v) is 21.2. The number of hydrogen-bond acceptors (Lipinski definition) is 6. The number of esters is 2. The van der Waals surface area contributed by atoms with Gasteiger partial charge in [0.15, 0.2) is 6.10 Å². The van der Waals surface area contributed by atoms with Crippen molar-refractivity contribution in [3.63, 3.8) is 0 Å². The van der Waals surface area contributed by atoms with Crippen LogP contribution in [0, 0.1) is 0 Å². The molecule has 0 bridgehead atoms. The molecule has 2 N–H and O–H groups in total. The van der Waals surface area contributed by atoms with Crippen molar-refractivity contribution >= 4 is 19.8 Å². The molecule has 0 aliphatic heterocycles. The number of hydrogen-bond donors (Lipinski definition) is 2. The molecule has 9 heteroatoms. The van der Waals surface area contributed by atoms with E-state index in [2.05, 4.69) is 18.4 Å². The molecule has 8 nitrogen and oxygen atoms in total. The zero-order valence-corrected chi connectivity index (χ0v) is 31.8. The quantitative estimate of drug-likeness (QED) is 0.0218. The van der Waals surface area contributed by atoms with Gasteiger partial charge >= 0.3 is 19.8 Å². The lowest BCUT2D eigenvalue weighted by atomic mass is 10.0. The maximum atomic E-state index is 12.3. The molecule has 0 aromatic rings. The first-order valence-electron chi connectivity index (χ1n) is 19.7. The SMILES string of the molecule is CCCCCCCCCCCCCC=CC=CC(=O)O[C@H](COC(=O)CCCCCCCCCCCCCCCCC)COP(=O)(O)O. The summed E-state index contributed by atoms with van der Waals surface area (Å²) in [5.74, 6) is -1.13. The van der Waals surface area contributed by atoms with Crippen molar-refractivity contribution < 1.29 is 37.9 Å². The number of ether oxygens (including phenoxy) is 2. The van der Waals surface area contributed by atoms with Crippen molar-refractivity contribution in [1.29, 1.82) is 0 Å². The normalized spacial score (nSPS) is 12.7. The summed E-state index contributed by atoms with van der Waals surface area (Å²) >= 11 is 0. The fourth-order valence-corrected chi connectivity index (χ4v) is 5.99. The average Bonchev–Trinajstić information content (AvgIpc) is 3.05. The van der Waals surface area contributed by atoms with E-state index in [9.17, 15) is 14.2 Å². The zero-order valence-electron chi connectivity index (χ0n) is 30.9. The molecule has 0 unspecified atom stereocenters. The molecular formula is C39H73O8P. The van der Waals surface area contributed by atoms with Crippen LogP contribution in [0.15, 0.2) is 24.3 Å². The van der Waals surface area contributed by atoms with Gasteiger partial charge in [-0.3, -0.25) is 9.32 Å². The molecule has 0 aromatic heterocycles. The smallest absolute Gasteiger partial charge is 0.462 e. The summed E-state index contributed by atoms with van der Waals surface area (Å²) in [7, 11) is -4.77. The average molecular weight is 701 g/mol. The maximum Gasteiger partial charge on any atom is 0.469 e. The van der Waals surface area contributed by atoms with E-state index in [0.717, 1.165) is 25.7 Å². The van der Waals surface area contributed by atoms with Crippen LogP contribution in [-0.4, -0.2) is 41.0 Å². The number of phosphoric ester groups is 1. The monoisotopic (exact) mass is 701 g/mol. The summed E-state index contributed by atoms with van der Waals surface area (Å²) < 4.78 is 26.1. The molecule has 0 saturated carbocycles. The van der Waals surface area contributed by atoms with E-state index in [1.807, 2.05) is 6.08 Å². The molecule has 1 atom stereocenters. The third kappa shape index (κ3) is 37.4. The molecular weight excluding hydrogens is 627 g/mol. The van der Waals surface area contributed by atoms with Crippen LogP contribution in [0.3, 0.4) is 0 Å². The molecule has 0 radical (unpaired) electrons. The highest BCUT2D eigenvalue weighted by atomic mass is 31.2. The molecule has 0 aliphatic carbocycles. The van der Waals surface area contributed by atoms with Gasteiger partial charge in [0.2, 0.25) is 0 Å². The zero-order chi connectivity index (χ0) is 35.4. The summed E-state index contributed by atoms with van der Waals surface area (Å²) in [5.41, 5.74) is 0. The Labute approximate surface area is 294 Å². The van der Waals surface area contributed by atoms with Crippen LogP contribution in [-0.2, 0) is 28.2 Å². The predicted octanol–water partition coefficient (Wildman–Crippen LogP) is 11.6. The second-order valence-electron chi connectivity index (χ2n) is 13.3. The summed E-state index contributed by atoms with van der Waals surface area (Å²) in [4.78, 5) is 42.6. The summed E-state index contributed by atoms with van der Waals surface area (Å²) in [6.45, 7) is 3.59. The molecule has 0 fully saturated rings. The van der Waals surface area contributed by atoms with Crippen molar-refractivity contribution in [1.82, 2.24) is 0 Å². The van der Waals surface area contributed by atoms with Crippen molar-refractivity contribution in [3.8, 4) is 0 Å². The highest BCUT2D eigenvalue weighted by Gasteiger charge is 2.22. The molecule has 0 spiro atoms. The molecule has 0 aromatic carbocycles. The third-order valence-electron chi connectivity index (χ3n) is 8.58. The predicted molar refractivity (Wildman–Crippen MR) is 198 cm³/mol. The van der Waals surface area contributed by atoms with Gasteiger partial charge in [-0.15, -0.1) is 0 Å².